The third kappa shape index (κ3) is 3.73. The monoisotopic (exact) mass is 418 g/mol. The summed E-state index contributed by atoms with van der Waals surface area (Å²) in [5, 5.41) is 0. The van der Waals surface area contributed by atoms with Crippen LogP contribution in [0.4, 0.5) is 0 Å². The molecule has 152 valence electrons. The van der Waals surface area contributed by atoms with Crippen LogP contribution in [0.5, 0.6) is 0 Å². The predicted octanol–water partition coefficient (Wildman–Crippen LogP) is 5.12. The normalized spacial score (nSPS) is 29.0. The number of rotatable bonds is 4. The number of hydrogen-bond acceptors (Lipinski definition) is 2. The van der Waals surface area contributed by atoms with Gasteiger partial charge in [-0.25, -0.2) is 0 Å². The molecule has 2 nitrogen and oxygen atoms in total. The first-order valence-electron chi connectivity index (χ1n) is 10.3. The highest BCUT2D eigenvalue weighted by molar-refractivity contribution is 5.85. The fourth-order valence-corrected chi connectivity index (χ4v) is 5.86. The van der Waals surface area contributed by atoms with Crippen molar-refractivity contribution in [2.75, 3.05) is 13.1 Å². The Morgan fingerprint density at radius 1 is 0.929 bits per heavy atom. The summed E-state index contributed by atoms with van der Waals surface area (Å²) >= 11 is 0. The second-order valence-electron chi connectivity index (χ2n) is 8.98. The van der Waals surface area contributed by atoms with Crippen LogP contribution in [0.25, 0.3) is 0 Å². The summed E-state index contributed by atoms with van der Waals surface area (Å²) in [6, 6.07) is 19.9. The van der Waals surface area contributed by atoms with E-state index in [2.05, 4.69) is 59.5 Å². The average molecular weight is 419 g/mol. The molecule has 1 spiro atoms. The van der Waals surface area contributed by atoms with Crippen LogP contribution in [0.1, 0.15) is 48.8 Å². The van der Waals surface area contributed by atoms with Crippen molar-refractivity contribution in [1.82, 2.24) is 4.90 Å². The summed E-state index contributed by atoms with van der Waals surface area (Å²) in [5.74, 6) is 0.805. The lowest BCUT2D eigenvalue weighted by molar-refractivity contribution is 0.163. The van der Waals surface area contributed by atoms with Gasteiger partial charge in [-0.2, -0.15) is 0 Å². The van der Waals surface area contributed by atoms with Crippen LogP contribution in [0, 0.1) is 5.92 Å². The van der Waals surface area contributed by atoms with Crippen molar-refractivity contribution >= 4 is 24.8 Å². The van der Waals surface area contributed by atoms with E-state index in [1.165, 1.54) is 57.2 Å². The predicted molar refractivity (Wildman–Crippen MR) is 122 cm³/mol. The van der Waals surface area contributed by atoms with Crippen LogP contribution < -0.4 is 5.73 Å². The first-order valence-corrected chi connectivity index (χ1v) is 10.3. The Hall–Kier alpha value is -1.06. The molecule has 0 aromatic heterocycles. The lowest BCUT2D eigenvalue weighted by Crippen LogP contribution is -2.39. The number of nitrogens with zero attached hydrogens (tertiary/aromatic N) is 1. The van der Waals surface area contributed by atoms with Gasteiger partial charge in [-0.15, -0.1) is 24.8 Å². The average Bonchev–Trinajstić information content (AvgIpc) is 3.08. The molecule has 1 saturated carbocycles. The molecule has 2 aromatic rings. The summed E-state index contributed by atoms with van der Waals surface area (Å²) in [6.07, 6.45) is 7.55. The Kier molecular flexibility index (Phi) is 6.46. The first-order chi connectivity index (χ1) is 12.7. The highest BCUT2D eigenvalue weighted by atomic mass is 35.5. The fraction of sp³-hybridized carbons (Fsp3) is 0.500. The molecular weight excluding hydrogens is 387 g/mol. The number of halogens is 2. The minimum Gasteiger partial charge on any atom is -0.324 e. The zero-order valence-electron chi connectivity index (χ0n) is 16.5. The molecule has 5 rings (SSSR count). The molecule has 2 aromatic carbocycles. The molecule has 2 aliphatic carbocycles. The SMILES string of the molecule is Cl.Cl.N[C@]1(CC2CCN(Cc3ccccc3)CC2)C[C@]12CCc1ccccc12. The van der Waals surface area contributed by atoms with Crippen molar-refractivity contribution in [3.63, 3.8) is 0 Å². The number of hydrogen-bond donors (Lipinski definition) is 1. The molecule has 28 heavy (non-hydrogen) atoms. The number of fused-ring (bicyclic) bond motifs is 2. The van der Waals surface area contributed by atoms with Gasteiger partial charge in [0, 0.05) is 17.5 Å². The lowest BCUT2D eigenvalue weighted by atomic mass is 9.83. The van der Waals surface area contributed by atoms with E-state index >= 15 is 0 Å². The molecule has 1 aliphatic heterocycles. The summed E-state index contributed by atoms with van der Waals surface area (Å²) < 4.78 is 0. The van der Waals surface area contributed by atoms with E-state index in [1.807, 2.05) is 0 Å². The molecule has 2 atom stereocenters. The zero-order chi connectivity index (χ0) is 17.6. The van der Waals surface area contributed by atoms with Crippen molar-refractivity contribution in [1.29, 1.82) is 0 Å². The van der Waals surface area contributed by atoms with E-state index in [1.54, 1.807) is 11.1 Å². The van der Waals surface area contributed by atoms with Crippen molar-refractivity contribution in [3.8, 4) is 0 Å². The third-order valence-electron chi connectivity index (χ3n) is 7.41. The maximum atomic E-state index is 6.98. The van der Waals surface area contributed by atoms with Gasteiger partial charge in [0.1, 0.15) is 0 Å². The van der Waals surface area contributed by atoms with Crippen LogP contribution in [0.3, 0.4) is 0 Å². The van der Waals surface area contributed by atoms with Gasteiger partial charge in [0.2, 0.25) is 0 Å². The first kappa shape index (κ1) is 21.6. The summed E-state index contributed by atoms with van der Waals surface area (Å²) in [5.41, 5.74) is 11.9. The Morgan fingerprint density at radius 3 is 2.36 bits per heavy atom. The number of nitrogens with two attached hydrogens (primary N) is 1. The summed E-state index contributed by atoms with van der Waals surface area (Å²) in [4.78, 5) is 2.61. The molecule has 2 fully saturated rings. The van der Waals surface area contributed by atoms with Crippen molar-refractivity contribution in [3.05, 3.63) is 71.3 Å². The smallest absolute Gasteiger partial charge is 0.0265 e. The third-order valence-corrected chi connectivity index (χ3v) is 7.41. The summed E-state index contributed by atoms with van der Waals surface area (Å²) in [7, 11) is 0. The highest BCUT2D eigenvalue weighted by Gasteiger charge is 2.67. The van der Waals surface area contributed by atoms with Crippen LogP contribution >= 0.6 is 24.8 Å². The maximum absolute atomic E-state index is 6.98. The van der Waals surface area contributed by atoms with E-state index in [0.29, 0.717) is 5.41 Å². The second kappa shape index (κ2) is 8.36. The van der Waals surface area contributed by atoms with Crippen molar-refractivity contribution < 1.29 is 0 Å². The van der Waals surface area contributed by atoms with Gasteiger partial charge in [-0.05, 0) is 74.2 Å². The Bertz CT molecular complexity index is 788. The zero-order valence-corrected chi connectivity index (χ0v) is 18.1. The van der Waals surface area contributed by atoms with Gasteiger partial charge in [0.25, 0.3) is 0 Å². The highest BCUT2D eigenvalue weighted by Crippen LogP contribution is 2.65. The number of benzene rings is 2. The molecule has 4 heteroatoms. The maximum Gasteiger partial charge on any atom is 0.0265 e. The number of aryl methyl sites for hydroxylation is 1. The Balaban J connectivity index is 0.00000112. The fourth-order valence-electron chi connectivity index (χ4n) is 5.86. The molecule has 3 aliphatic rings. The van der Waals surface area contributed by atoms with Gasteiger partial charge >= 0.3 is 0 Å². The molecule has 1 heterocycles. The van der Waals surface area contributed by atoms with Gasteiger partial charge in [0.15, 0.2) is 0 Å². The molecule has 1 saturated heterocycles. The Labute approximate surface area is 181 Å². The standard InChI is InChI=1S/C24H30N2.2ClH/c25-24(18-23(24)13-10-21-8-4-5-9-22(21)23)16-19-11-14-26(15-12-19)17-20-6-2-1-3-7-20;;/h1-9,19H,10-18,25H2;2*1H/t23-,24+;;/m0../s1. The van der Waals surface area contributed by atoms with E-state index in [-0.39, 0.29) is 30.4 Å². The number of piperidine rings is 1. The molecule has 2 N–H and O–H groups in total. The topological polar surface area (TPSA) is 29.3 Å². The van der Waals surface area contributed by atoms with Gasteiger partial charge in [0.05, 0.1) is 0 Å². The van der Waals surface area contributed by atoms with Crippen LogP contribution in [-0.2, 0) is 18.4 Å². The molecular formula is C24H32Cl2N2. The number of likely N-dealkylation sites (tertiary alicyclic amines) is 1. The van der Waals surface area contributed by atoms with Crippen LogP contribution in [-0.4, -0.2) is 23.5 Å². The van der Waals surface area contributed by atoms with Crippen LogP contribution in [0.2, 0.25) is 0 Å². The van der Waals surface area contributed by atoms with Gasteiger partial charge < -0.3 is 5.73 Å². The molecule has 0 amide bonds. The van der Waals surface area contributed by atoms with Crippen molar-refractivity contribution in [2.45, 2.75) is 56.0 Å². The van der Waals surface area contributed by atoms with Gasteiger partial charge in [-0.1, -0.05) is 54.6 Å². The van der Waals surface area contributed by atoms with E-state index in [9.17, 15) is 0 Å². The van der Waals surface area contributed by atoms with E-state index in [4.69, 9.17) is 5.73 Å². The minimum absolute atomic E-state index is 0. The Morgan fingerprint density at radius 2 is 1.61 bits per heavy atom. The van der Waals surface area contributed by atoms with Crippen molar-refractivity contribution in [2.24, 2.45) is 11.7 Å². The minimum atomic E-state index is 0. The molecule has 0 radical (unpaired) electrons. The van der Waals surface area contributed by atoms with Crippen LogP contribution in [0.15, 0.2) is 54.6 Å². The second-order valence-corrected chi connectivity index (χ2v) is 8.98. The lowest BCUT2D eigenvalue weighted by Gasteiger charge is -2.34. The quantitative estimate of drug-likeness (QED) is 0.746. The molecule has 0 unspecified atom stereocenters. The molecule has 0 bridgehead atoms. The van der Waals surface area contributed by atoms with Gasteiger partial charge in [-0.3, -0.25) is 4.90 Å². The largest absolute Gasteiger partial charge is 0.324 e. The van der Waals surface area contributed by atoms with E-state index < -0.39 is 0 Å². The van der Waals surface area contributed by atoms with E-state index in [0.717, 1.165) is 12.5 Å². The summed E-state index contributed by atoms with van der Waals surface area (Å²) in [6.45, 7) is 3.54.